The van der Waals surface area contributed by atoms with Gasteiger partial charge in [-0.25, -0.2) is 4.79 Å². The highest BCUT2D eigenvalue weighted by molar-refractivity contribution is 5.75. The summed E-state index contributed by atoms with van der Waals surface area (Å²) in [5, 5.41) is 11.2. The Hall–Kier alpha value is -1.26. The molecular formula is C11H20N2O3. The molecule has 92 valence electrons. The third-order valence-electron chi connectivity index (χ3n) is 2.95. The summed E-state index contributed by atoms with van der Waals surface area (Å²) in [5.74, 6) is -0.818. The number of nitrogens with one attached hydrogen (secondary N) is 1. The first-order valence-electron chi connectivity index (χ1n) is 5.91. The number of rotatable bonds is 5. The minimum absolute atomic E-state index is 0.0465. The second-order valence-corrected chi connectivity index (χ2v) is 4.13. The Balaban J connectivity index is 2.21. The summed E-state index contributed by atoms with van der Waals surface area (Å²) < 4.78 is 0. The van der Waals surface area contributed by atoms with Gasteiger partial charge in [0.15, 0.2) is 0 Å². The van der Waals surface area contributed by atoms with E-state index in [9.17, 15) is 9.59 Å². The lowest BCUT2D eigenvalue weighted by molar-refractivity contribution is -0.137. The average molecular weight is 228 g/mol. The number of hydrogen-bond acceptors (Lipinski definition) is 2. The molecule has 1 aliphatic rings. The van der Waals surface area contributed by atoms with E-state index >= 15 is 0 Å². The van der Waals surface area contributed by atoms with Gasteiger partial charge in [-0.2, -0.15) is 0 Å². The Morgan fingerprint density at radius 3 is 2.88 bits per heavy atom. The van der Waals surface area contributed by atoms with Gasteiger partial charge in [-0.1, -0.05) is 6.92 Å². The summed E-state index contributed by atoms with van der Waals surface area (Å²) in [7, 11) is 0. The Morgan fingerprint density at radius 1 is 1.50 bits per heavy atom. The number of aliphatic carboxylic acids is 1. The molecule has 1 rings (SSSR count). The smallest absolute Gasteiger partial charge is 0.317 e. The van der Waals surface area contributed by atoms with Crippen LogP contribution in [0.15, 0.2) is 0 Å². The normalized spacial score (nSPS) is 19.8. The van der Waals surface area contributed by atoms with Crippen LogP contribution in [0.4, 0.5) is 4.79 Å². The van der Waals surface area contributed by atoms with Gasteiger partial charge in [0.05, 0.1) is 0 Å². The van der Waals surface area contributed by atoms with Gasteiger partial charge in [0.2, 0.25) is 0 Å². The molecule has 5 nitrogen and oxygen atoms in total. The lowest BCUT2D eigenvalue weighted by Crippen LogP contribution is -2.42. The molecule has 0 bridgehead atoms. The molecule has 0 aromatic rings. The number of urea groups is 1. The van der Waals surface area contributed by atoms with Crippen LogP contribution in [0.1, 0.15) is 39.0 Å². The first kappa shape index (κ1) is 12.8. The number of likely N-dealkylation sites (tertiary alicyclic amines) is 1. The molecule has 0 aliphatic carbocycles. The van der Waals surface area contributed by atoms with Gasteiger partial charge >= 0.3 is 12.0 Å². The van der Waals surface area contributed by atoms with Gasteiger partial charge < -0.3 is 15.3 Å². The van der Waals surface area contributed by atoms with Crippen LogP contribution in [0.25, 0.3) is 0 Å². The number of hydrogen-bond donors (Lipinski definition) is 2. The third kappa shape index (κ3) is 3.72. The van der Waals surface area contributed by atoms with E-state index in [2.05, 4.69) is 12.2 Å². The molecule has 0 aromatic carbocycles. The zero-order valence-electron chi connectivity index (χ0n) is 9.74. The van der Waals surface area contributed by atoms with Crippen molar-refractivity contribution in [2.24, 2.45) is 0 Å². The van der Waals surface area contributed by atoms with Crippen LogP contribution in [-0.4, -0.2) is 41.1 Å². The fraction of sp³-hybridized carbons (Fsp3) is 0.818. The molecule has 16 heavy (non-hydrogen) atoms. The van der Waals surface area contributed by atoms with Gasteiger partial charge in [-0.05, 0) is 25.7 Å². The lowest BCUT2D eigenvalue weighted by Gasteiger charge is -2.23. The maximum atomic E-state index is 11.7. The number of carboxylic acids is 1. The summed E-state index contributed by atoms with van der Waals surface area (Å²) in [6.45, 7) is 3.35. The van der Waals surface area contributed by atoms with E-state index in [0.29, 0.717) is 19.0 Å². The van der Waals surface area contributed by atoms with E-state index in [4.69, 9.17) is 5.11 Å². The summed E-state index contributed by atoms with van der Waals surface area (Å²) >= 11 is 0. The van der Waals surface area contributed by atoms with E-state index in [0.717, 1.165) is 25.8 Å². The maximum Gasteiger partial charge on any atom is 0.317 e. The molecule has 1 aliphatic heterocycles. The van der Waals surface area contributed by atoms with E-state index in [-0.39, 0.29) is 12.5 Å². The minimum Gasteiger partial charge on any atom is -0.481 e. The van der Waals surface area contributed by atoms with Gasteiger partial charge in [-0.15, -0.1) is 0 Å². The van der Waals surface area contributed by atoms with E-state index < -0.39 is 5.97 Å². The molecule has 5 heteroatoms. The molecule has 1 unspecified atom stereocenters. The zero-order chi connectivity index (χ0) is 12.0. The van der Waals surface area contributed by atoms with Crippen molar-refractivity contribution in [2.45, 2.75) is 45.1 Å². The average Bonchev–Trinajstić information content (AvgIpc) is 2.71. The van der Waals surface area contributed by atoms with E-state index in [1.54, 1.807) is 0 Å². The first-order valence-corrected chi connectivity index (χ1v) is 5.91. The summed E-state index contributed by atoms with van der Waals surface area (Å²) in [5.41, 5.74) is 0. The molecule has 1 atom stereocenters. The SMILES string of the molecule is CCC1CCCN1C(=O)NCCCC(=O)O. The van der Waals surface area contributed by atoms with E-state index in [1.165, 1.54) is 0 Å². The first-order chi connectivity index (χ1) is 7.65. The summed E-state index contributed by atoms with van der Waals surface area (Å²) in [4.78, 5) is 23.9. The monoisotopic (exact) mass is 228 g/mol. The molecular weight excluding hydrogens is 208 g/mol. The Bertz CT molecular complexity index is 256. The van der Waals surface area contributed by atoms with Gasteiger partial charge in [0.25, 0.3) is 0 Å². The van der Waals surface area contributed by atoms with Crippen molar-refractivity contribution in [1.29, 1.82) is 0 Å². The highest BCUT2D eigenvalue weighted by atomic mass is 16.4. The number of carbonyl (C=O) groups is 2. The molecule has 0 saturated carbocycles. The molecule has 0 aromatic heterocycles. The van der Waals surface area contributed by atoms with Crippen molar-refractivity contribution in [1.82, 2.24) is 10.2 Å². The van der Waals surface area contributed by atoms with Crippen molar-refractivity contribution >= 4 is 12.0 Å². The molecule has 1 saturated heterocycles. The number of carbonyl (C=O) groups excluding carboxylic acids is 1. The lowest BCUT2D eigenvalue weighted by atomic mass is 10.2. The fourth-order valence-corrected chi connectivity index (χ4v) is 2.06. The van der Waals surface area contributed by atoms with Crippen molar-refractivity contribution in [3.63, 3.8) is 0 Å². The van der Waals surface area contributed by atoms with Crippen molar-refractivity contribution < 1.29 is 14.7 Å². The maximum absolute atomic E-state index is 11.7. The standard InChI is InChI=1S/C11H20N2O3/c1-2-9-5-4-8-13(9)11(16)12-7-3-6-10(14)15/h9H,2-8H2,1H3,(H,12,16)(H,14,15). The zero-order valence-corrected chi connectivity index (χ0v) is 9.74. The van der Waals surface area contributed by atoms with E-state index in [1.807, 2.05) is 4.90 Å². The highest BCUT2D eigenvalue weighted by Crippen LogP contribution is 2.19. The minimum atomic E-state index is -0.818. The van der Waals surface area contributed by atoms with Crippen LogP contribution in [-0.2, 0) is 4.79 Å². The van der Waals surface area contributed by atoms with Crippen molar-refractivity contribution in [2.75, 3.05) is 13.1 Å². The molecule has 1 heterocycles. The molecule has 1 fully saturated rings. The van der Waals surface area contributed by atoms with Crippen LogP contribution in [0, 0.1) is 0 Å². The number of nitrogens with zero attached hydrogens (tertiary/aromatic N) is 1. The van der Waals surface area contributed by atoms with Crippen LogP contribution in [0.5, 0.6) is 0 Å². The fourth-order valence-electron chi connectivity index (χ4n) is 2.06. The summed E-state index contributed by atoms with van der Waals surface area (Å²) in [6, 6.07) is 0.314. The van der Waals surface area contributed by atoms with Crippen molar-refractivity contribution in [3.8, 4) is 0 Å². The largest absolute Gasteiger partial charge is 0.481 e. The Kier molecular flexibility index (Phi) is 5.08. The topological polar surface area (TPSA) is 69.6 Å². The Labute approximate surface area is 95.8 Å². The Morgan fingerprint density at radius 2 is 2.25 bits per heavy atom. The molecule has 0 spiro atoms. The summed E-state index contributed by atoms with van der Waals surface area (Å²) in [6.07, 6.45) is 3.74. The third-order valence-corrected chi connectivity index (χ3v) is 2.95. The predicted octanol–water partition coefficient (Wildman–Crippen LogP) is 1.44. The van der Waals surface area contributed by atoms with Crippen LogP contribution in [0.3, 0.4) is 0 Å². The molecule has 2 amide bonds. The van der Waals surface area contributed by atoms with Crippen molar-refractivity contribution in [3.05, 3.63) is 0 Å². The number of carboxylic acid groups (broad SMARTS) is 1. The van der Waals surface area contributed by atoms with Gasteiger partial charge in [0.1, 0.15) is 0 Å². The second kappa shape index (κ2) is 6.35. The highest BCUT2D eigenvalue weighted by Gasteiger charge is 2.26. The number of amides is 2. The van der Waals surface area contributed by atoms with Crippen LogP contribution in [0.2, 0.25) is 0 Å². The quantitative estimate of drug-likeness (QED) is 0.699. The van der Waals surface area contributed by atoms with Gasteiger partial charge in [0, 0.05) is 25.6 Å². The predicted molar refractivity (Wildman–Crippen MR) is 60.3 cm³/mol. The van der Waals surface area contributed by atoms with Crippen LogP contribution >= 0.6 is 0 Å². The second-order valence-electron chi connectivity index (χ2n) is 4.13. The molecule has 0 radical (unpaired) electrons. The van der Waals surface area contributed by atoms with Crippen LogP contribution < -0.4 is 5.32 Å². The molecule has 2 N–H and O–H groups in total. The van der Waals surface area contributed by atoms with Gasteiger partial charge in [-0.3, -0.25) is 4.79 Å².